The van der Waals surface area contributed by atoms with Gasteiger partial charge in [-0.1, -0.05) is 22.0 Å². The van der Waals surface area contributed by atoms with Gasteiger partial charge >= 0.3 is 0 Å². The van der Waals surface area contributed by atoms with E-state index in [2.05, 4.69) is 43.3 Å². The molecule has 0 atom stereocenters. The summed E-state index contributed by atoms with van der Waals surface area (Å²) < 4.78 is 1.07. The Kier molecular flexibility index (Phi) is 4.15. The highest BCUT2D eigenvalue weighted by Crippen LogP contribution is 2.26. The molecule has 1 heterocycles. The average Bonchev–Trinajstić information content (AvgIpc) is 3.22. The summed E-state index contributed by atoms with van der Waals surface area (Å²) in [4.78, 5) is 9.93. The highest BCUT2D eigenvalue weighted by atomic mass is 79.9. The Bertz CT molecular complexity index is 555. The molecule has 1 aromatic carbocycles. The molecule has 3 rings (SSSR count). The van der Waals surface area contributed by atoms with Crippen molar-refractivity contribution in [2.24, 2.45) is 0 Å². The van der Waals surface area contributed by atoms with Crippen molar-refractivity contribution in [1.82, 2.24) is 15.3 Å². The number of benzene rings is 1. The number of rotatable bonds is 5. The van der Waals surface area contributed by atoms with Crippen LogP contribution in [-0.4, -0.2) is 16.0 Å². The van der Waals surface area contributed by atoms with Gasteiger partial charge < -0.3 is 5.32 Å². The molecule has 1 aromatic heterocycles. The maximum absolute atomic E-state index is 4.40. The lowest BCUT2D eigenvalue weighted by Gasteiger charge is -2.04. The first-order valence-corrected chi connectivity index (χ1v) is 7.88. The van der Waals surface area contributed by atoms with Crippen molar-refractivity contribution in [3.63, 3.8) is 0 Å². The van der Waals surface area contributed by atoms with Gasteiger partial charge in [0.1, 0.15) is 0 Å². The highest BCUT2D eigenvalue weighted by Gasteiger charge is 2.19. The number of nitrogens with one attached hydrogen (secondary N) is 1. The molecule has 0 radical (unpaired) electrons. The molecule has 3 nitrogen and oxygen atoms in total. The van der Waals surface area contributed by atoms with Crippen molar-refractivity contribution in [3.8, 4) is 0 Å². The lowest BCUT2D eigenvalue weighted by molar-refractivity contribution is 0.680. The van der Waals surface area contributed by atoms with Gasteiger partial charge in [0.05, 0.1) is 0 Å². The number of hydrogen-bond acceptors (Lipinski definition) is 4. The number of aromatic nitrogens is 2. The molecule has 0 amide bonds. The first kappa shape index (κ1) is 13.1. The topological polar surface area (TPSA) is 37.8 Å². The van der Waals surface area contributed by atoms with Crippen LogP contribution in [0.4, 0.5) is 0 Å². The van der Waals surface area contributed by atoms with E-state index in [1.54, 1.807) is 11.8 Å². The minimum atomic E-state index is 0.718. The molecule has 19 heavy (non-hydrogen) atoms. The maximum Gasteiger partial charge on any atom is 0.192 e. The van der Waals surface area contributed by atoms with Crippen LogP contribution in [0.25, 0.3) is 0 Å². The minimum Gasteiger partial charge on any atom is -0.310 e. The minimum absolute atomic E-state index is 0.718. The summed E-state index contributed by atoms with van der Waals surface area (Å²) in [6.07, 6.45) is 6.42. The van der Waals surface area contributed by atoms with E-state index in [9.17, 15) is 0 Å². The van der Waals surface area contributed by atoms with E-state index < -0.39 is 0 Å². The molecule has 0 unspecified atom stereocenters. The van der Waals surface area contributed by atoms with E-state index in [4.69, 9.17) is 0 Å². The van der Waals surface area contributed by atoms with Crippen molar-refractivity contribution in [2.45, 2.75) is 35.5 Å². The lowest BCUT2D eigenvalue weighted by atomic mass is 10.3. The van der Waals surface area contributed by atoms with Crippen LogP contribution in [0.5, 0.6) is 0 Å². The molecule has 0 spiro atoms. The van der Waals surface area contributed by atoms with E-state index in [0.29, 0.717) is 0 Å². The molecule has 0 bridgehead atoms. The molecular weight excluding hydrogens is 322 g/mol. The van der Waals surface area contributed by atoms with E-state index in [1.807, 2.05) is 24.5 Å². The second kappa shape index (κ2) is 6.03. The Labute approximate surface area is 125 Å². The fourth-order valence-electron chi connectivity index (χ4n) is 1.67. The van der Waals surface area contributed by atoms with Gasteiger partial charge in [-0.2, -0.15) is 0 Å². The van der Waals surface area contributed by atoms with Crippen LogP contribution >= 0.6 is 27.7 Å². The van der Waals surface area contributed by atoms with Crippen molar-refractivity contribution < 1.29 is 0 Å². The van der Waals surface area contributed by atoms with E-state index in [0.717, 1.165) is 32.7 Å². The predicted molar refractivity (Wildman–Crippen MR) is 80.2 cm³/mol. The third kappa shape index (κ3) is 4.03. The highest BCUT2D eigenvalue weighted by molar-refractivity contribution is 9.10. The Morgan fingerprint density at radius 1 is 1.26 bits per heavy atom. The van der Waals surface area contributed by atoms with Crippen molar-refractivity contribution in [1.29, 1.82) is 0 Å². The zero-order valence-electron chi connectivity index (χ0n) is 10.3. The summed E-state index contributed by atoms with van der Waals surface area (Å²) in [6, 6.07) is 8.87. The van der Waals surface area contributed by atoms with Crippen molar-refractivity contribution >= 4 is 27.7 Å². The van der Waals surface area contributed by atoms with E-state index >= 15 is 0 Å². The van der Waals surface area contributed by atoms with Gasteiger partial charge in [-0.3, -0.25) is 0 Å². The summed E-state index contributed by atoms with van der Waals surface area (Å²) in [5, 5.41) is 4.24. The van der Waals surface area contributed by atoms with Crippen LogP contribution < -0.4 is 5.32 Å². The SMILES string of the molecule is Brc1cccc(Sc2ncc(CNC3CC3)cn2)c1. The molecule has 5 heteroatoms. The Morgan fingerprint density at radius 3 is 2.74 bits per heavy atom. The Hall–Kier alpha value is -0.910. The number of halogens is 1. The summed E-state index contributed by atoms with van der Waals surface area (Å²) in [5.74, 6) is 0. The smallest absolute Gasteiger partial charge is 0.192 e. The van der Waals surface area contributed by atoms with Gasteiger partial charge in [-0.25, -0.2) is 9.97 Å². The van der Waals surface area contributed by atoms with Crippen LogP contribution in [-0.2, 0) is 6.54 Å². The van der Waals surface area contributed by atoms with Crippen molar-refractivity contribution in [3.05, 3.63) is 46.7 Å². The molecule has 1 saturated carbocycles. The van der Waals surface area contributed by atoms with Gasteiger partial charge in [0.15, 0.2) is 5.16 Å². The Morgan fingerprint density at radius 2 is 2.05 bits per heavy atom. The van der Waals surface area contributed by atoms with Crippen molar-refractivity contribution in [2.75, 3.05) is 0 Å². The second-order valence-corrected chi connectivity index (χ2v) is 6.54. The molecular formula is C14H14BrN3S. The first-order chi connectivity index (χ1) is 9.29. The fourth-order valence-corrected chi connectivity index (χ4v) is 2.98. The molecule has 2 aromatic rings. The van der Waals surface area contributed by atoms with Crippen LogP contribution in [0.2, 0.25) is 0 Å². The van der Waals surface area contributed by atoms with Crippen LogP contribution in [0.15, 0.2) is 51.2 Å². The third-order valence-corrected chi connectivity index (χ3v) is 4.24. The largest absolute Gasteiger partial charge is 0.310 e. The van der Waals surface area contributed by atoms with Gasteiger partial charge in [-0.15, -0.1) is 0 Å². The standard InChI is InChI=1S/C14H14BrN3S/c15-11-2-1-3-13(6-11)19-14-17-8-10(9-18-14)7-16-12-4-5-12/h1-3,6,8-9,12,16H,4-5,7H2. The quantitative estimate of drug-likeness (QED) is 0.846. The number of hydrogen-bond donors (Lipinski definition) is 1. The normalized spacial score (nSPS) is 14.6. The summed E-state index contributed by atoms with van der Waals surface area (Å²) in [7, 11) is 0. The summed E-state index contributed by atoms with van der Waals surface area (Å²) >= 11 is 5.04. The van der Waals surface area contributed by atoms with Gasteiger partial charge in [0.25, 0.3) is 0 Å². The van der Waals surface area contributed by atoms with Crippen LogP contribution in [0.1, 0.15) is 18.4 Å². The predicted octanol–water partition coefficient (Wildman–Crippen LogP) is 3.64. The van der Waals surface area contributed by atoms with Crippen LogP contribution in [0, 0.1) is 0 Å². The molecule has 0 saturated heterocycles. The monoisotopic (exact) mass is 335 g/mol. The fraction of sp³-hybridized carbons (Fsp3) is 0.286. The first-order valence-electron chi connectivity index (χ1n) is 6.27. The van der Waals surface area contributed by atoms with E-state index in [1.165, 1.54) is 12.8 Å². The van der Waals surface area contributed by atoms with E-state index in [-0.39, 0.29) is 0 Å². The molecule has 98 valence electrons. The Balaban J connectivity index is 1.61. The zero-order chi connectivity index (χ0) is 13.1. The molecule has 1 aliphatic carbocycles. The number of nitrogens with zero attached hydrogens (tertiary/aromatic N) is 2. The average molecular weight is 336 g/mol. The van der Waals surface area contributed by atoms with Gasteiger partial charge in [0, 0.05) is 39.9 Å². The zero-order valence-corrected chi connectivity index (χ0v) is 12.7. The van der Waals surface area contributed by atoms with Gasteiger partial charge in [-0.05, 0) is 42.8 Å². The van der Waals surface area contributed by atoms with Crippen LogP contribution in [0.3, 0.4) is 0 Å². The lowest BCUT2D eigenvalue weighted by Crippen LogP contribution is -2.15. The molecule has 0 aliphatic heterocycles. The molecule has 1 N–H and O–H groups in total. The molecule has 1 aliphatic rings. The maximum atomic E-state index is 4.40. The van der Waals surface area contributed by atoms with Gasteiger partial charge in [0.2, 0.25) is 0 Å². The molecule has 1 fully saturated rings. The second-order valence-electron chi connectivity index (χ2n) is 4.59. The summed E-state index contributed by atoms with van der Waals surface area (Å²) in [6.45, 7) is 0.868. The summed E-state index contributed by atoms with van der Waals surface area (Å²) in [5.41, 5.74) is 1.14. The third-order valence-electron chi connectivity index (χ3n) is 2.86.